The molecule has 0 bridgehead atoms. The Kier molecular flexibility index (Phi) is 7.36. The first-order valence-electron chi connectivity index (χ1n) is 11.5. The lowest BCUT2D eigenvalue weighted by Gasteiger charge is -2.13. The van der Waals surface area contributed by atoms with Gasteiger partial charge < -0.3 is 0 Å². The first-order chi connectivity index (χ1) is 17.4. The number of hydrogen-bond donors (Lipinski definition) is 1. The number of aromatic nitrogens is 2. The number of benzene rings is 2. The van der Waals surface area contributed by atoms with Gasteiger partial charge in [0, 0.05) is 9.35 Å². The van der Waals surface area contributed by atoms with E-state index in [9.17, 15) is 14.0 Å². The Balaban J connectivity index is 1.43. The summed E-state index contributed by atoms with van der Waals surface area (Å²) in [6.45, 7) is 1.74. The van der Waals surface area contributed by atoms with Gasteiger partial charge in [0.25, 0.3) is 11.5 Å². The highest BCUT2D eigenvalue weighted by Gasteiger charge is 2.23. The van der Waals surface area contributed by atoms with E-state index in [1.807, 2.05) is 24.3 Å². The zero-order chi connectivity index (χ0) is 25.2. The molecule has 0 spiro atoms. The molecule has 0 aliphatic heterocycles. The number of carbonyl (C=O) groups excluding carboxylic acids is 1. The van der Waals surface area contributed by atoms with E-state index in [0.717, 1.165) is 40.5 Å². The topological polar surface area (TPSA) is 76.3 Å². The fraction of sp³-hybridized carbons (Fsp3) is 0.231. The molecular formula is C26H22BrFN4O2S2. The van der Waals surface area contributed by atoms with Crippen molar-refractivity contribution in [2.75, 3.05) is 5.75 Å². The van der Waals surface area contributed by atoms with Crippen molar-refractivity contribution in [1.29, 1.82) is 0 Å². The van der Waals surface area contributed by atoms with Crippen LogP contribution in [0.25, 0.3) is 15.9 Å². The molecular weight excluding hydrogens is 563 g/mol. The third-order valence-corrected chi connectivity index (χ3v) is 8.64. The van der Waals surface area contributed by atoms with Crippen molar-refractivity contribution in [2.24, 2.45) is 5.10 Å². The molecule has 0 saturated carbocycles. The third-order valence-electron chi connectivity index (χ3n) is 5.99. The number of carbonyl (C=O) groups is 1. The molecule has 1 aliphatic carbocycles. The molecule has 1 aliphatic rings. The molecule has 36 heavy (non-hydrogen) atoms. The number of fused-ring (bicyclic) bond motifs is 3. The maximum Gasteiger partial charge on any atom is 0.267 e. The van der Waals surface area contributed by atoms with E-state index in [1.54, 1.807) is 35.0 Å². The van der Waals surface area contributed by atoms with Crippen molar-refractivity contribution in [3.8, 4) is 5.69 Å². The van der Waals surface area contributed by atoms with Crippen LogP contribution in [0.2, 0.25) is 0 Å². The van der Waals surface area contributed by atoms with Gasteiger partial charge in [-0.2, -0.15) is 5.10 Å². The van der Waals surface area contributed by atoms with Crippen LogP contribution in [-0.2, 0) is 17.6 Å². The summed E-state index contributed by atoms with van der Waals surface area (Å²) in [5, 5.41) is 5.29. The minimum absolute atomic E-state index is 0.0275. The summed E-state index contributed by atoms with van der Waals surface area (Å²) < 4.78 is 15.7. The fourth-order valence-electron chi connectivity index (χ4n) is 4.17. The number of hydrazone groups is 1. The SMILES string of the molecule is CC(=NNC(=O)CSc1nc2sc3c(c2c(=O)n1-c1ccc(Br)cc1)CCCC3)c1ccc(F)cc1. The average Bonchev–Trinajstić information content (AvgIpc) is 3.26. The molecule has 184 valence electrons. The van der Waals surface area contributed by atoms with E-state index in [-0.39, 0.29) is 23.0 Å². The summed E-state index contributed by atoms with van der Waals surface area (Å²) in [5.41, 5.74) is 5.53. The zero-order valence-electron chi connectivity index (χ0n) is 19.4. The Morgan fingerprint density at radius 1 is 1.17 bits per heavy atom. The van der Waals surface area contributed by atoms with E-state index < -0.39 is 0 Å². The number of halogens is 2. The number of nitrogens with zero attached hydrogens (tertiary/aromatic N) is 3. The number of rotatable bonds is 6. The monoisotopic (exact) mass is 584 g/mol. The molecule has 1 N–H and O–H groups in total. The highest BCUT2D eigenvalue weighted by atomic mass is 79.9. The number of thiophene rings is 1. The molecule has 1 amide bonds. The number of amides is 1. The Labute approximate surface area is 223 Å². The quantitative estimate of drug-likeness (QED) is 0.133. The fourth-order valence-corrected chi connectivity index (χ4v) is 6.54. The molecule has 10 heteroatoms. The van der Waals surface area contributed by atoms with E-state index in [0.29, 0.717) is 27.5 Å². The highest BCUT2D eigenvalue weighted by molar-refractivity contribution is 9.10. The Morgan fingerprint density at radius 2 is 1.89 bits per heavy atom. The van der Waals surface area contributed by atoms with Gasteiger partial charge in [0.05, 0.1) is 22.5 Å². The molecule has 4 aromatic rings. The van der Waals surface area contributed by atoms with Crippen LogP contribution in [0, 0.1) is 5.82 Å². The summed E-state index contributed by atoms with van der Waals surface area (Å²) in [6.07, 6.45) is 4.07. The van der Waals surface area contributed by atoms with Crippen LogP contribution in [0.4, 0.5) is 4.39 Å². The molecule has 0 unspecified atom stereocenters. The second kappa shape index (κ2) is 10.7. The minimum Gasteiger partial charge on any atom is -0.272 e. The molecule has 2 heterocycles. The van der Waals surface area contributed by atoms with Crippen LogP contribution < -0.4 is 11.0 Å². The first kappa shape index (κ1) is 24.9. The van der Waals surface area contributed by atoms with Crippen molar-refractivity contribution in [1.82, 2.24) is 15.0 Å². The van der Waals surface area contributed by atoms with E-state index >= 15 is 0 Å². The Morgan fingerprint density at radius 3 is 2.64 bits per heavy atom. The van der Waals surface area contributed by atoms with Gasteiger partial charge in [-0.05, 0) is 80.1 Å². The van der Waals surface area contributed by atoms with E-state index in [2.05, 4.69) is 26.5 Å². The van der Waals surface area contributed by atoms with Crippen LogP contribution in [0.3, 0.4) is 0 Å². The first-order valence-corrected chi connectivity index (χ1v) is 14.1. The number of thioether (sulfide) groups is 1. The van der Waals surface area contributed by atoms with Crippen molar-refractivity contribution >= 4 is 60.9 Å². The maximum absolute atomic E-state index is 13.8. The van der Waals surface area contributed by atoms with Gasteiger partial charge >= 0.3 is 0 Å². The number of nitrogens with one attached hydrogen (secondary N) is 1. The standard InChI is InChI=1S/C26H22BrFN4O2S2/c1-15(16-6-10-18(28)11-7-16)30-31-22(33)14-35-26-29-24-23(20-4-2-3-5-21(20)36-24)25(34)32(26)19-12-8-17(27)9-13-19/h6-13H,2-5,14H2,1H3,(H,31,33). The minimum atomic E-state index is -0.333. The molecule has 6 nitrogen and oxygen atoms in total. The maximum atomic E-state index is 13.8. The zero-order valence-corrected chi connectivity index (χ0v) is 22.6. The van der Waals surface area contributed by atoms with Gasteiger partial charge in [-0.1, -0.05) is 39.8 Å². The summed E-state index contributed by atoms with van der Waals surface area (Å²) in [6, 6.07) is 13.4. The van der Waals surface area contributed by atoms with E-state index in [1.165, 1.54) is 28.8 Å². The second-order valence-electron chi connectivity index (χ2n) is 8.43. The summed E-state index contributed by atoms with van der Waals surface area (Å²) in [5.74, 6) is -0.636. The van der Waals surface area contributed by atoms with E-state index in [4.69, 9.17) is 4.98 Å². The number of aryl methyl sites for hydroxylation is 2. The van der Waals surface area contributed by atoms with Crippen molar-refractivity contribution < 1.29 is 9.18 Å². The van der Waals surface area contributed by atoms with Gasteiger partial charge in [0.1, 0.15) is 10.6 Å². The van der Waals surface area contributed by atoms with Crippen LogP contribution >= 0.6 is 39.0 Å². The lowest BCUT2D eigenvalue weighted by Crippen LogP contribution is -2.24. The molecule has 0 saturated heterocycles. The predicted molar refractivity (Wildman–Crippen MR) is 147 cm³/mol. The lowest BCUT2D eigenvalue weighted by atomic mass is 9.97. The highest BCUT2D eigenvalue weighted by Crippen LogP contribution is 2.35. The van der Waals surface area contributed by atoms with Gasteiger partial charge in [-0.15, -0.1) is 11.3 Å². The lowest BCUT2D eigenvalue weighted by molar-refractivity contribution is -0.118. The molecule has 0 radical (unpaired) electrons. The van der Waals surface area contributed by atoms with Gasteiger partial charge in [0.2, 0.25) is 0 Å². The Hall–Kier alpha value is -2.82. The Bertz CT molecular complexity index is 1530. The van der Waals surface area contributed by atoms with Crippen molar-refractivity contribution in [3.63, 3.8) is 0 Å². The van der Waals surface area contributed by atoms with Crippen LogP contribution in [0.5, 0.6) is 0 Å². The molecule has 2 aromatic heterocycles. The molecule has 0 atom stereocenters. The smallest absolute Gasteiger partial charge is 0.267 e. The van der Waals surface area contributed by atoms with Crippen LogP contribution in [-0.4, -0.2) is 26.9 Å². The van der Waals surface area contributed by atoms with Gasteiger partial charge in [-0.3, -0.25) is 14.2 Å². The molecule has 5 rings (SSSR count). The van der Waals surface area contributed by atoms with Gasteiger partial charge in [-0.25, -0.2) is 14.8 Å². The third kappa shape index (κ3) is 5.16. The summed E-state index contributed by atoms with van der Waals surface area (Å²) in [7, 11) is 0. The summed E-state index contributed by atoms with van der Waals surface area (Å²) in [4.78, 5) is 33.2. The van der Waals surface area contributed by atoms with Crippen molar-refractivity contribution in [3.05, 3.63) is 85.2 Å². The predicted octanol–water partition coefficient (Wildman–Crippen LogP) is 5.86. The van der Waals surface area contributed by atoms with Gasteiger partial charge in [0.15, 0.2) is 5.16 Å². The second-order valence-corrected chi connectivity index (χ2v) is 11.4. The van der Waals surface area contributed by atoms with Crippen LogP contribution in [0.1, 0.15) is 35.8 Å². The summed E-state index contributed by atoms with van der Waals surface area (Å²) >= 11 is 6.23. The molecule has 2 aromatic carbocycles. The van der Waals surface area contributed by atoms with Crippen LogP contribution in [0.15, 0.2) is 68.1 Å². The average molecular weight is 586 g/mol. The normalized spacial score (nSPS) is 13.6. The largest absolute Gasteiger partial charge is 0.272 e. The number of hydrogen-bond acceptors (Lipinski definition) is 6. The molecule has 0 fully saturated rings. The van der Waals surface area contributed by atoms with Crippen molar-refractivity contribution in [2.45, 2.75) is 37.8 Å².